The molecular weight excluding hydrogens is 331 g/mol. The van der Waals surface area contributed by atoms with E-state index in [4.69, 9.17) is 0 Å². The molecule has 1 atom stereocenters. The summed E-state index contributed by atoms with van der Waals surface area (Å²) in [5.74, 6) is -0.495. The minimum atomic E-state index is -0.310. The lowest BCUT2D eigenvalue weighted by Crippen LogP contribution is -2.19. The van der Waals surface area contributed by atoms with Crippen LogP contribution in [0.1, 0.15) is 35.3 Å². The number of Topliss-reactive ketones (excluding diaryl/α,β-unsaturated/α-hetero) is 1. The summed E-state index contributed by atoms with van der Waals surface area (Å²) in [6.45, 7) is 1.50. The molecule has 4 nitrogen and oxygen atoms in total. The highest BCUT2D eigenvalue weighted by molar-refractivity contribution is 5.95. The van der Waals surface area contributed by atoms with Crippen molar-refractivity contribution >= 4 is 17.4 Å². The number of hydrogen-bond acceptors (Lipinski definition) is 2. The van der Waals surface area contributed by atoms with Crippen molar-refractivity contribution in [1.29, 1.82) is 0 Å². The Bertz CT molecular complexity index is 885. The van der Waals surface area contributed by atoms with Crippen molar-refractivity contribution in [3.63, 3.8) is 0 Å². The second-order valence-electron chi connectivity index (χ2n) is 6.08. The topological polar surface area (TPSA) is 51.1 Å². The van der Waals surface area contributed by atoms with Crippen molar-refractivity contribution in [2.45, 2.75) is 19.4 Å². The second kappa shape index (κ2) is 7.78. The fourth-order valence-electron chi connectivity index (χ4n) is 2.81. The Balaban J connectivity index is 1.75. The SMILES string of the molecule is CC(=O)c1ccc(NC(=O)C[C@@H](c2ccc(F)cc2)n2cccc2)cc1. The van der Waals surface area contributed by atoms with Gasteiger partial charge >= 0.3 is 0 Å². The smallest absolute Gasteiger partial charge is 0.226 e. The van der Waals surface area contributed by atoms with Gasteiger partial charge in [-0.25, -0.2) is 4.39 Å². The van der Waals surface area contributed by atoms with Gasteiger partial charge in [-0.3, -0.25) is 9.59 Å². The van der Waals surface area contributed by atoms with Crippen LogP contribution in [-0.4, -0.2) is 16.3 Å². The van der Waals surface area contributed by atoms with Gasteiger partial charge in [0.05, 0.1) is 12.5 Å². The van der Waals surface area contributed by atoms with E-state index < -0.39 is 0 Å². The van der Waals surface area contributed by atoms with E-state index in [2.05, 4.69) is 5.32 Å². The third-order valence-electron chi connectivity index (χ3n) is 4.20. The normalized spacial score (nSPS) is 11.8. The summed E-state index contributed by atoms with van der Waals surface area (Å²) in [7, 11) is 0. The summed E-state index contributed by atoms with van der Waals surface area (Å²) in [6.07, 6.45) is 3.96. The zero-order chi connectivity index (χ0) is 18.5. The molecule has 0 unspecified atom stereocenters. The van der Waals surface area contributed by atoms with Crippen LogP contribution >= 0.6 is 0 Å². The molecule has 0 radical (unpaired) electrons. The molecule has 0 aliphatic rings. The molecule has 1 heterocycles. The maximum Gasteiger partial charge on any atom is 0.226 e. The molecule has 2 aromatic carbocycles. The van der Waals surface area contributed by atoms with Crippen LogP contribution in [0, 0.1) is 5.82 Å². The molecule has 132 valence electrons. The lowest BCUT2D eigenvalue weighted by molar-refractivity contribution is -0.116. The maximum absolute atomic E-state index is 13.2. The Morgan fingerprint density at radius 2 is 1.62 bits per heavy atom. The summed E-state index contributed by atoms with van der Waals surface area (Å²) in [5, 5.41) is 2.84. The number of amides is 1. The van der Waals surface area contributed by atoms with Crippen LogP contribution in [0.3, 0.4) is 0 Å². The van der Waals surface area contributed by atoms with Crippen LogP contribution in [0.15, 0.2) is 73.1 Å². The maximum atomic E-state index is 13.2. The van der Waals surface area contributed by atoms with Crippen molar-refractivity contribution < 1.29 is 14.0 Å². The van der Waals surface area contributed by atoms with E-state index >= 15 is 0 Å². The van der Waals surface area contributed by atoms with Crippen molar-refractivity contribution in [3.05, 3.63) is 90.0 Å². The zero-order valence-electron chi connectivity index (χ0n) is 14.4. The van der Waals surface area contributed by atoms with Gasteiger partial charge in [0.15, 0.2) is 5.78 Å². The predicted molar refractivity (Wildman–Crippen MR) is 98.7 cm³/mol. The first kappa shape index (κ1) is 17.6. The Labute approximate surface area is 151 Å². The fraction of sp³-hybridized carbons (Fsp3) is 0.143. The van der Waals surface area contributed by atoms with Gasteiger partial charge in [-0.1, -0.05) is 12.1 Å². The van der Waals surface area contributed by atoms with E-state index in [1.165, 1.54) is 19.1 Å². The number of nitrogens with zero attached hydrogens (tertiary/aromatic N) is 1. The number of halogens is 1. The molecule has 0 aliphatic carbocycles. The van der Waals surface area contributed by atoms with Crippen molar-refractivity contribution in [3.8, 4) is 0 Å². The van der Waals surface area contributed by atoms with Gasteiger partial charge in [0.25, 0.3) is 0 Å². The molecule has 0 aliphatic heterocycles. The number of ketones is 1. The molecule has 3 aromatic rings. The number of benzene rings is 2. The van der Waals surface area contributed by atoms with E-state index in [0.717, 1.165) is 5.56 Å². The van der Waals surface area contributed by atoms with Gasteiger partial charge in [-0.05, 0) is 61.0 Å². The van der Waals surface area contributed by atoms with Gasteiger partial charge in [-0.15, -0.1) is 0 Å². The summed E-state index contributed by atoms with van der Waals surface area (Å²) < 4.78 is 15.1. The fourth-order valence-corrected chi connectivity index (χ4v) is 2.81. The van der Waals surface area contributed by atoms with E-state index in [1.807, 2.05) is 29.1 Å². The monoisotopic (exact) mass is 350 g/mol. The first-order chi connectivity index (χ1) is 12.5. The van der Waals surface area contributed by atoms with Crippen LogP contribution in [0.4, 0.5) is 10.1 Å². The molecular formula is C21H19FN2O2. The largest absolute Gasteiger partial charge is 0.346 e. The minimum Gasteiger partial charge on any atom is -0.346 e. The van der Waals surface area contributed by atoms with E-state index in [0.29, 0.717) is 11.3 Å². The van der Waals surface area contributed by atoms with Crippen molar-refractivity contribution in [1.82, 2.24) is 4.57 Å². The second-order valence-corrected chi connectivity index (χ2v) is 6.08. The average molecular weight is 350 g/mol. The van der Waals surface area contributed by atoms with Crippen LogP contribution in [0.25, 0.3) is 0 Å². The molecule has 0 saturated carbocycles. The van der Waals surface area contributed by atoms with Crippen LogP contribution in [0.5, 0.6) is 0 Å². The van der Waals surface area contributed by atoms with Crippen LogP contribution in [-0.2, 0) is 4.79 Å². The van der Waals surface area contributed by atoms with Crippen molar-refractivity contribution in [2.75, 3.05) is 5.32 Å². The lowest BCUT2D eigenvalue weighted by atomic mass is 10.0. The Morgan fingerprint density at radius 1 is 1.00 bits per heavy atom. The van der Waals surface area contributed by atoms with Crippen LogP contribution in [0.2, 0.25) is 0 Å². The van der Waals surface area contributed by atoms with Gasteiger partial charge in [0.2, 0.25) is 5.91 Å². The zero-order valence-corrected chi connectivity index (χ0v) is 14.4. The molecule has 1 amide bonds. The molecule has 0 saturated heterocycles. The van der Waals surface area contributed by atoms with Gasteiger partial charge in [0, 0.05) is 23.6 Å². The number of anilines is 1. The molecule has 0 spiro atoms. The average Bonchev–Trinajstić information content (AvgIpc) is 3.15. The molecule has 0 bridgehead atoms. The highest BCUT2D eigenvalue weighted by Gasteiger charge is 2.17. The molecule has 1 aromatic heterocycles. The Hall–Kier alpha value is -3.21. The highest BCUT2D eigenvalue weighted by atomic mass is 19.1. The number of carbonyl (C=O) groups is 2. The molecule has 26 heavy (non-hydrogen) atoms. The summed E-state index contributed by atoms with van der Waals surface area (Å²) in [5.41, 5.74) is 2.08. The number of hydrogen-bond donors (Lipinski definition) is 1. The standard InChI is InChI=1S/C21H19FN2O2/c1-15(25)16-6-10-19(11-7-16)23-21(26)14-20(24-12-2-3-13-24)17-4-8-18(22)9-5-17/h2-13,20H,14H2,1H3,(H,23,26)/t20-/m0/s1. The summed E-state index contributed by atoms with van der Waals surface area (Å²) in [6, 6.07) is 16.5. The molecule has 3 rings (SSSR count). The van der Waals surface area contributed by atoms with E-state index in [9.17, 15) is 14.0 Å². The summed E-state index contributed by atoms with van der Waals surface area (Å²) >= 11 is 0. The third-order valence-corrected chi connectivity index (χ3v) is 4.20. The first-order valence-electron chi connectivity index (χ1n) is 8.32. The molecule has 5 heteroatoms. The highest BCUT2D eigenvalue weighted by Crippen LogP contribution is 2.23. The quantitative estimate of drug-likeness (QED) is 0.668. The predicted octanol–water partition coefficient (Wildman–Crippen LogP) is 4.45. The number of carbonyl (C=O) groups excluding carboxylic acids is 2. The number of nitrogens with one attached hydrogen (secondary N) is 1. The first-order valence-corrected chi connectivity index (χ1v) is 8.32. The van der Waals surface area contributed by atoms with Gasteiger partial charge < -0.3 is 9.88 Å². The Morgan fingerprint density at radius 3 is 2.19 bits per heavy atom. The third kappa shape index (κ3) is 4.25. The van der Waals surface area contributed by atoms with E-state index in [1.54, 1.807) is 36.4 Å². The number of rotatable bonds is 6. The minimum absolute atomic E-state index is 0.0214. The van der Waals surface area contributed by atoms with Gasteiger partial charge in [-0.2, -0.15) is 0 Å². The molecule has 1 N–H and O–H groups in total. The molecule has 0 fully saturated rings. The number of aromatic nitrogens is 1. The summed E-state index contributed by atoms with van der Waals surface area (Å²) in [4.78, 5) is 23.8. The van der Waals surface area contributed by atoms with Crippen molar-refractivity contribution in [2.24, 2.45) is 0 Å². The van der Waals surface area contributed by atoms with E-state index in [-0.39, 0.29) is 30.0 Å². The van der Waals surface area contributed by atoms with Crippen LogP contribution < -0.4 is 5.32 Å². The Kier molecular flexibility index (Phi) is 5.27. The lowest BCUT2D eigenvalue weighted by Gasteiger charge is -2.19. The van der Waals surface area contributed by atoms with Gasteiger partial charge in [0.1, 0.15) is 5.82 Å².